The average molecular weight is 170 g/mol. The highest BCUT2D eigenvalue weighted by Gasteiger charge is 2.22. The first kappa shape index (κ1) is 11.4. The van der Waals surface area contributed by atoms with Gasteiger partial charge in [-0.2, -0.15) is 5.26 Å². The molecule has 0 heterocycles. The highest BCUT2D eigenvalue weighted by atomic mass is 16.5. The fraction of sp³-hybridized carbons (Fsp3) is 0.889. The highest BCUT2D eigenvalue weighted by molar-refractivity contribution is 5.03. The molecule has 1 N–H and O–H groups in total. The number of hydrogen-bond donors (Lipinski definition) is 1. The van der Waals surface area contributed by atoms with Gasteiger partial charge in [0, 0.05) is 0 Å². The van der Waals surface area contributed by atoms with E-state index in [4.69, 9.17) is 10.00 Å². The number of ether oxygens (including phenoxy) is 1. The molecule has 0 radical (unpaired) electrons. The Morgan fingerprint density at radius 1 is 1.58 bits per heavy atom. The van der Waals surface area contributed by atoms with E-state index in [1.54, 1.807) is 0 Å². The van der Waals surface area contributed by atoms with Crippen LogP contribution in [-0.4, -0.2) is 24.8 Å². The summed E-state index contributed by atoms with van der Waals surface area (Å²) < 4.78 is 5.37. The summed E-state index contributed by atoms with van der Waals surface area (Å²) >= 11 is 0. The second-order valence-electron chi connectivity index (χ2n) is 3.33. The van der Waals surface area contributed by atoms with Gasteiger partial charge in [0.2, 0.25) is 0 Å². The topological polar surface area (TPSA) is 45.0 Å². The molecule has 3 heteroatoms. The zero-order chi connectivity index (χ0) is 9.61. The third kappa shape index (κ3) is 4.32. The first-order chi connectivity index (χ1) is 5.54. The normalized spacial score (nSPS) is 15.7. The second-order valence-corrected chi connectivity index (χ2v) is 3.33. The quantitative estimate of drug-likeness (QED) is 0.676. The molecular weight excluding hydrogens is 152 g/mol. The zero-order valence-corrected chi connectivity index (χ0v) is 8.35. The molecule has 0 aliphatic rings. The van der Waals surface area contributed by atoms with Gasteiger partial charge in [0.15, 0.2) is 0 Å². The average Bonchev–Trinajstić information content (AvgIpc) is 2.02. The van der Waals surface area contributed by atoms with Gasteiger partial charge in [-0.25, -0.2) is 0 Å². The van der Waals surface area contributed by atoms with Crippen molar-refractivity contribution >= 4 is 0 Å². The Hall–Kier alpha value is -0.590. The molecular formula is C9H18N2O. The molecule has 0 rings (SSSR count). The molecule has 3 nitrogen and oxygen atoms in total. The van der Waals surface area contributed by atoms with Crippen molar-refractivity contribution in [3.8, 4) is 6.07 Å². The van der Waals surface area contributed by atoms with Crippen LogP contribution in [0.15, 0.2) is 0 Å². The molecule has 1 atom stereocenters. The Morgan fingerprint density at radius 2 is 2.17 bits per heavy atom. The molecule has 0 amide bonds. The summed E-state index contributed by atoms with van der Waals surface area (Å²) in [5.74, 6) is 0. The fourth-order valence-electron chi connectivity index (χ4n) is 0.846. The molecule has 0 saturated heterocycles. The lowest BCUT2D eigenvalue weighted by molar-refractivity contribution is 0.0492. The lowest BCUT2D eigenvalue weighted by Crippen LogP contribution is -2.45. The molecule has 0 aliphatic heterocycles. The van der Waals surface area contributed by atoms with Gasteiger partial charge in [0.05, 0.1) is 18.8 Å². The van der Waals surface area contributed by atoms with E-state index in [2.05, 4.69) is 11.4 Å². The van der Waals surface area contributed by atoms with Gasteiger partial charge < -0.3 is 4.74 Å². The molecule has 0 aliphatic carbocycles. The maximum absolute atomic E-state index is 8.84. The van der Waals surface area contributed by atoms with E-state index in [9.17, 15) is 0 Å². The first-order valence-corrected chi connectivity index (χ1v) is 4.32. The maximum Gasteiger partial charge on any atom is 0.127 e. The number of rotatable bonds is 5. The summed E-state index contributed by atoms with van der Waals surface area (Å²) in [5, 5.41) is 11.9. The zero-order valence-electron chi connectivity index (χ0n) is 8.35. The lowest BCUT2D eigenvalue weighted by Gasteiger charge is -2.23. The largest absolute Gasteiger partial charge is 0.376 e. The van der Waals surface area contributed by atoms with E-state index in [1.165, 1.54) is 0 Å². The van der Waals surface area contributed by atoms with Crippen LogP contribution in [0.25, 0.3) is 0 Å². The van der Waals surface area contributed by atoms with Crippen LogP contribution in [-0.2, 0) is 4.74 Å². The smallest absolute Gasteiger partial charge is 0.127 e. The Bertz CT molecular complexity index is 162. The Balaban J connectivity index is 3.90. The molecule has 12 heavy (non-hydrogen) atoms. The molecule has 0 saturated carbocycles. The molecule has 70 valence electrons. The maximum atomic E-state index is 8.84. The van der Waals surface area contributed by atoms with E-state index in [1.807, 2.05) is 27.7 Å². The Morgan fingerprint density at radius 3 is 2.50 bits per heavy atom. The number of hydrogen-bond acceptors (Lipinski definition) is 3. The number of nitrogens with one attached hydrogen (secondary N) is 1. The van der Waals surface area contributed by atoms with Crippen molar-refractivity contribution in [2.75, 3.05) is 13.2 Å². The van der Waals surface area contributed by atoms with Crippen LogP contribution in [0.2, 0.25) is 0 Å². The third-order valence-corrected chi connectivity index (χ3v) is 1.52. The van der Waals surface area contributed by atoms with Crippen molar-refractivity contribution in [2.24, 2.45) is 0 Å². The van der Waals surface area contributed by atoms with E-state index in [-0.39, 0.29) is 6.10 Å². The van der Waals surface area contributed by atoms with Crippen molar-refractivity contribution in [2.45, 2.75) is 39.3 Å². The van der Waals surface area contributed by atoms with Crippen molar-refractivity contribution in [3.05, 3.63) is 0 Å². The third-order valence-electron chi connectivity index (χ3n) is 1.52. The minimum atomic E-state index is -0.543. The number of likely N-dealkylation sites (N-methyl/N-ethyl adjacent to an activating group) is 1. The summed E-state index contributed by atoms with van der Waals surface area (Å²) in [6.45, 7) is 8.97. The van der Waals surface area contributed by atoms with E-state index in [0.29, 0.717) is 6.61 Å². The Labute approximate surface area is 74.7 Å². The van der Waals surface area contributed by atoms with E-state index in [0.717, 1.165) is 6.54 Å². The minimum absolute atomic E-state index is 0.177. The molecule has 0 spiro atoms. The van der Waals surface area contributed by atoms with Gasteiger partial charge in [-0.15, -0.1) is 0 Å². The summed E-state index contributed by atoms with van der Waals surface area (Å²) in [4.78, 5) is 0. The summed E-state index contributed by atoms with van der Waals surface area (Å²) in [5.41, 5.74) is -0.543. The van der Waals surface area contributed by atoms with Crippen molar-refractivity contribution in [1.82, 2.24) is 5.32 Å². The van der Waals surface area contributed by atoms with Crippen LogP contribution >= 0.6 is 0 Å². The molecule has 0 aromatic heterocycles. The van der Waals surface area contributed by atoms with Gasteiger partial charge in [-0.3, -0.25) is 5.32 Å². The monoisotopic (exact) mass is 170 g/mol. The fourth-order valence-corrected chi connectivity index (χ4v) is 0.846. The van der Waals surface area contributed by atoms with Crippen LogP contribution < -0.4 is 5.32 Å². The molecule has 0 bridgehead atoms. The van der Waals surface area contributed by atoms with Crippen LogP contribution in [0, 0.1) is 11.3 Å². The van der Waals surface area contributed by atoms with Gasteiger partial charge >= 0.3 is 0 Å². The van der Waals surface area contributed by atoms with E-state index >= 15 is 0 Å². The van der Waals surface area contributed by atoms with Crippen LogP contribution in [0.3, 0.4) is 0 Å². The Kier molecular flexibility index (Phi) is 4.87. The van der Waals surface area contributed by atoms with Gasteiger partial charge in [-0.05, 0) is 27.3 Å². The predicted molar refractivity (Wildman–Crippen MR) is 48.8 cm³/mol. The van der Waals surface area contributed by atoms with Crippen LogP contribution in [0.4, 0.5) is 0 Å². The summed E-state index contributed by atoms with van der Waals surface area (Å²) in [6, 6.07) is 2.20. The SMILES string of the molecule is CCNC(C)(C#N)COC(C)C. The standard InChI is InChI=1S/C9H18N2O/c1-5-11-9(4,6-10)7-12-8(2)3/h8,11H,5,7H2,1-4H3. The second kappa shape index (κ2) is 5.13. The van der Waals surface area contributed by atoms with Crippen molar-refractivity contribution < 1.29 is 4.74 Å². The lowest BCUT2D eigenvalue weighted by atomic mass is 10.1. The number of nitrogens with zero attached hydrogens (tertiary/aromatic N) is 1. The molecule has 0 fully saturated rings. The van der Waals surface area contributed by atoms with Crippen LogP contribution in [0.5, 0.6) is 0 Å². The predicted octanol–water partition coefficient (Wildman–Crippen LogP) is 1.30. The first-order valence-electron chi connectivity index (χ1n) is 4.32. The van der Waals surface area contributed by atoms with E-state index < -0.39 is 5.54 Å². The van der Waals surface area contributed by atoms with Crippen LogP contribution in [0.1, 0.15) is 27.7 Å². The van der Waals surface area contributed by atoms with Crippen molar-refractivity contribution in [1.29, 1.82) is 5.26 Å². The highest BCUT2D eigenvalue weighted by Crippen LogP contribution is 2.03. The van der Waals surface area contributed by atoms with Gasteiger partial charge in [0.1, 0.15) is 5.54 Å². The summed E-state index contributed by atoms with van der Waals surface area (Å²) in [6.07, 6.45) is 0.177. The van der Waals surface area contributed by atoms with Gasteiger partial charge in [0.25, 0.3) is 0 Å². The number of nitriles is 1. The molecule has 0 aromatic carbocycles. The molecule has 1 unspecified atom stereocenters. The molecule has 0 aromatic rings. The summed E-state index contributed by atoms with van der Waals surface area (Å²) in [7, 11) is 0. The minimum Gasteiger partial charge on any atom is -0.376 e. The van der Waals surface area contributed by atoms with Crippen molar-refractivity contribution in [3.63, 3.8) is 0 Å². The van der Waals surface area contributed by atoms with Gasteiger partial charge in [-0.1, -0.05) is 6.92 Å².